The van der Waals surface area contributed by atoms with Crippen LogP contribution in [0.4, 0.5) is 3.89 Å². The predicted molar refractivity (Wildman–Crippen MR) is 52.0 cm³/mol. The van der Waals surface area contributed by atoms with E-state index in [1.165, 1.54) is 0 Å². The lowest BCUT2D eigenvalue weighted by Gasteiger charge is -2.19. The lowest BCUT2D eigenvalue weighted by atomic mass is 10.3. The first kappa shape index (κ1) is 13.8. The highest BCUT2D eigenvalue weighted by molar-refractivity contribution is 7.86. The van der Waals surface area contributed by atoms with Crippen molar-refractivity contribution in [3.63, 3.8) is 0 Å². The van der Waals surface area contributed by atoms with Gasteiger partial charge in [-0.3, -0.25) is 0 Å². The van der Waals surface area contributed by atoms with Gasteiger partial charge in [0.05, 0.1) is 26.4 Å². The quantitative estimate of drug-likeness (QED) is 0.507. The molecule has 0 spiro atoms. The van der Waals surface area contributed by atoms with Crippen LogP contribution >= 0.6 is 0 Å². The van der Waals surface area contributed by atoms with Gasteiger partial charge in [0.1, 0.15) is 11.9 Å². The van der Waals surface area contributed by atoms with E-state index in [0.29, 0.717) is 0 Å². The van der Waals surface area contributed by atoms with E-state index in [1.54, 1.807) is 6.92 Å². The highest BCUT2D eigenvalue weighted by Crippen LogP contribution is 2.22. The van der Waals surface area contributed by atoms with Crippen molar-refractivity contribution in [2.45, 2.75) is 18.8 Å². The molecule has 0 saturated carbocycles. The van der Waals surface area contributed by atoms with Gasteiger partial charge in [0, 0.05) is 0 Å². The number of hydrogen-bond acceptors (Lipinski definition) is 6. The summed E-state index contributed by atoms with van der Waals surface area (Å²) in [7, 11) is -4.48. The van der Waals surface area contributed by atoms with Crippen LogP contribution in [0.2, 0.25) is 0 Å². The normalized spacial score (nSPS) is 30.8. The molecule has 0 aromatic rings. The molecule has 6 nitrogen and oxygen atoms in total. The van der Waals surface area contributed by atoms with Crippen molar-refractivity contribution < 1.29 is 31.6 Å². The third-order valence-corrected chi connectivity index (χ3v) is 2.71. The van der Waals surface area contributed by atoms with Crippen LogP contribution in [0.15, 0.2) is 0 Å². The van der Waals surface area contributed by atoms with Crippen LogP contribution in [0.5, 0.6) is 0 Å². The van der Waals surface area contributed by atoms with Crippen LogP contribution in [0.25, 0.3) is 0 Å². The molecule has 2 atom stereocenters. The molecule has 0 radical (unpaired) electrons. The summed E-state index contributed by atoms with van der Waals surface area (Å²) < 4.78 is 47.7. The zero-order chi connectivity index (χ0) is 12.2. The summed E-state index contributed by atoms with van der Waals surface area (Å²) in [5.74, 6) is -1.70. The van der Waals surface area contributed by atoms with Gasteiger partial charge in [0.25, 0.3) is 0 Å². The number of hydrogen-bond donors (Lipinski definition) is 1. The first-order valence-corrected chi connectivity index (χ1v) is 6.33. The molecule has 16 heavy (non-hydrogen) atoms. The topological polar surface area (TPSA) is 82.1 Å². The van der Waals surface area contributed by atoms with E-state index in [9.17, 15) is 12.3 Å². The van der Waals surface area contributed by atoms with Crippen molar-refractivity contribution >= 4 is 10.2 Å². The zero-order valence-electron chi connectivity index (χ0n) is 8.89. The summed E-state index contributed by atoms with van der Waals surface area (Å²) in [6.07, 6.45) is -0.375. The molecule has 0 aromatic carbocycles. The van der Waals surface area contributed by atoms with E-state index in [4.69, 9.17) is 19.3 Å². The van der Waals surface area contributed by atoms with Gasteiger partial charge in [-0.25, -0.2) is 0 Å². The number of aliphatic hydroxyl groups is 1. The molecular weight excluding hydrogens is 243 g/mol. The Balaban J connectivity index is 2.16. The summed E-state index contributed by atoms with van der Waals surface area (Å²) in [6, 6.07) is 0. The van der Waals surface area contributed by atoms with Gasteiger partial charge in [-0.1, -0.05) is 0 Å². The van der Waals surface area contributed by atoms with Gasteiger partial charge in [-0.05, 0) is 6.92 Å². The van der Waals surface area contributed by atoms with E-state index in [2.05, 4.69) is 0 Å². The Kier molecular flexibility index (Phi) is 4.62. The monoisotopic (exact) mass is 258 g/mol. The average Bonchev–Trinajstić information content (AvgIpc) is 2.55. The van der Waals surface area contributed by atoms with Gasteiger partial charge in [0.2, 0.25) is 0 Å². The number of rotatable bonds is 6. The molecule has 1 rings (SSSR count). The average molecular weight is 258 g/mol. The van der Waals surface area contributed by atoms with E-state index in [1.807, 2.05) is 0 Å². The Morgan fingerprint density at radius 1 is 1.62 bits per heavy atom. The van der Waals surface area contributed by atoms with Crippen LogP contribution in [0.1, 0.15) is 6.92 Å². The van der Waals surface area contributed by atoms with Crippen LogP contribution in [0, 0.1) is 0 Å². The van der Waals surface area contributed by atoms with Crippen LogP contribution in [-0.4, -0.2) is 57.6 Å². The number of aliphatic hydroxyl groups excluding tert-OH is 1. The Bertz CT molecular complexity index is 318. The molecule has 0 bridgehead atoms. The molecule has 8 heteroatoms. The van der Waals surface area contributed by atoms with E-state index in [-0.39, 0.29) is 32.5 Å². The molecule has 0 aliphatic carbocycles. The standard InChI is InChI=1S/C8H15FO6S/c1-8(6-10)14-5-7(15-8)4-13-2-3-16(9,11)12/h7,10H,2-6H2,1H3. The molecule has 1 fully saturated rings. The zero-order valence-corrected chi connectivity index (χ0v) is 9.70. The summed E-state index contributed by atoms with van der Waals surface area (Å²) >= 11 is 0. The minimum Gasteiger partial charge on any atom is -0.391 e. The third kappa shape index (κ3) is 4.71. The second-order valence-electron chi connectivity index (χ2n) is 3.66. The van der Waals surface area contributed by atoms with Gasteiger partial charge >= 0.3 is 10.2 Å². The SMILES string of the molecule is CC1(CO)OCC(COCCS(=O)(=O)F)O1. The van der Waals surface area contributed by atoms with Crippen molar-refractivity contribution in [2.75, 3.05) is 32.2 Å². The van der Waals surface area contributed by atoms with E-state index < -0.39 is 21.8 Å². The fourth-order valence-electron chi connectivity index (χ4n) is 1.23. The van der Waals surface area contributed by atoms with E-state index >= 15 is 0 Å². The fourth-order valence-corrected chi connectivity index (χ4v) is 1.55. The van der Waals surface area contributed by atoms with Gasteiger partial charge in [-0.15, -0.1) is 3.89 Å². The molecule has 0 aromatic heterocycles. The largest absolute Gasteiger partial charge is 0.391 e. The summed E-state index contributed by atoms with van der Waals surface area (Å²) in [4.78, 5) is 0. The maximum atomic E-state index is 12.1. The summed E-state index contributed by atoms with van der Waals surface area (Å²) in [5.41, 5.74) is 0. The lowest BCUT2D eigenvalue weighted by Crippen LogP contribution is -2.32. The summed E-state index contributed by atoms with van der Waals surface area (Å²) in [5, 5.41) is 8.90. The maximum absolute atomic E-state index is 12.1. The second kappa shape index (κ2) is 5.37. The molecule has 96 valence electrons. The Labute approximate surface area is 93.5 Å². The Morgan fingerprint density at radius 2 is 2.31 bits per heavy atom. The van der Waals surface area contributed by atoms with Crippen molar-refractivity contribution in [3.05, 3.63) is 0 Å². The maximum Gasteiger partial charge on any atom is 0.304 e. The number of ether oxygens (including phenoxy) is 3. The van der Waals surface area contributed by atoms with Crippen LogP contribution in [-0.2, 0) is 24.4 Å². The molecule has 1 saturated heterocycles. The van der Waals surface area contributed by atoms with Gasteiger partial charge < -0.3 is 19.3 Å². The molecule has 1 aliphatic heterocycles. The van der Waals surface area contributed by atoms with Crippen molar-refractivity contribution in [3.8, 4) is 0 Å². The molecule has 1 heterocycles. The van der Waals surface area contributed by atoms with Gasteiger partial charge in [-0.2, -0.15) is 8.42 Å². The first-order chi connectivity index (χ1) is 7.35. The molecule has 1 N–H and O–H groups in total. The second-order valence-corrected chi connectivity index (χ2v) is 5.15. The predicted octanol–water partition coefficient (Wildman–Crippen LogP) is -0.574. The molecule has 0 amide bonds. The molecule has 1 aliphatic rings. The van der Waals surface area contributed by atoms with Crippen molar-refractivity contribution in [2.24, 2.45) is 0 Å². The Hall–Kier alpha value is -0.280. The highest BCUT2D eigenvalue weighted by Gasteiger charge is 2.36. The van der Waals surface area contributed by atoms with E-state index in [0.717, 1.165) is 0 Å². The summed E-state index contributed by atoms with van der Waals surface area (Å²) in [6.45, 7) is 1.43. The lowest BCUT2D eigenvalue weighted by molar-refractivity contribution is -0.182. The van der Waals surface area contributed by atoms with Crippen molar-refractivity contribution in [1.29, 1.82) is 0 Å². The Morgan fingerprint density at radius 3 is 2.81 bits per heavy atom. The molecule has 2 unspecified atom stereocenters. The van der Waals surface area contributed by atoms with Crippen LogP contribution < -0.4 is 0 Å². The third-order valence-electron chi connectivity index (χ3n) is 2.05. The van der Waals surface area contributed by atoms with Crippen molar-refractivity contribution in [1.82, 2.24) is 0 Å². The van der Waals surface area contributed by atoms with Gasteiger partial charge in [0.15, 0.2) is 5.79 Å². The minimum atomic E-state index is -4.48. The number of halogens is 1. The minimum absolute atomic E-state index is 0.102. The molecular formula is C8H15FO6S. The smallest absolute Gasteiger partial charge is 0.304 e. The van der Waals surface area contributed by atoms with Crippen LogP contribution in [0.3, 0.4) is 0 Å². The highest BCUT2D eigenvalue weighted by atomic mass is 32.3. The fraction of sp³-hybridized carbons (Fsp3) is 1.00. The first-order valence-electron chi connectivity index (χ1n) is 4.77.